The van der Waals surface area contributed by atoms with Crippen molar-refractivity contribution in [1.82, 2.24) is 14.5 Å². The van der Waals surface area contributed by atoms with Crippen LogP contribution in [0, 0.1) is 0 Å². The van der Waals surface area contributed by atoms with Gasteiger partial charge in [0, 0.05) is 19.4 Å². The molecule has 14 heteroatoms. The summed E-state index contributed by atoms with van der Waals surface area (Å²) >= 11 is 0. The number of hydrogen-bond donors (Lipinski definition) is 1. The fourth-order valence-electron chi connectivity index (χ4n) is 5.05. The normalized spacial score (nSPS) is 23.8. The number of ether oxygens (including phenoxy) is 7. The summed E-state index contributed by atoms with van der Waals surface area (Å²) in [5.74, 6) is -1.29. The molecule has 0 radical (unpaired) electrons. The molecular formula is C28H35N3O11. The van der Waals surface area contributed by atoms with Gasteiger partial charge < -0.3 is 38.5 Å². The summed E-state index contributed by atoms with van der Waals surface area (Å²) in [4.78, 5) is 51.6. The summed E-state index contributed by atoms with van der Waals surface area (Å²) in [6.45, 7) is 6.78. The molecule has 2 aromatic rings. The summed E-state index contributed by atoms with van der Waals surface area (Å²) in [5, 5.41) is 2.44. The number of hydrogen-bond acceptors (Lipinski definition) is 11. The molecule has 0 bridgehead atoms. The Kier molecular flexibility index (Phi) is 9.51. The number of aromatic nitrogens is 2. The fraction of sp³-hybridized carbons (Fsp3) is 0.500. The van der Waals surface area contributed by atoms with E-state index in [9.17, 15) is 19.2 Å². The monoisotopic (exact) mass is 589 g/mol. The lowest BCUT2D eigenvalue weighted by Crippen LogP contribution is -2.57. The molecule has 2 aliphatic rings. The third-order valence-electron chi connectivity index (χ3n) is 6.92. The first-order chi connectivity index (χ1) is 20.0. The van der Waals surface area contributed by atoms with E-state index in [-0.39, 0.29) is 13.2 Å². The number of carbonyl (C=O) groups excluding carboxylic acids is 2. The van der Waals surface area contributed by atoms with Crippen LogP contribution in [0.25, 0.3) is 0 Å². The summed E-state index contributed by atoms with van der Waals surface area (Å²) in [6.07, 6.45) is -3.20. The number of alkyl carbamates (subject to hydrolysis) is 1. The first-order valence-corrected chi connectivity index (χ1v) is 13.1. The molecule has 1 unspecified atom stereocenters. The van der Waals surface area contributed by atoms with Gasteiger partial charge in [-0.3, -0.25) is 13.9 Å². The molecule has 0 aliphatic carbocycles. The van der Waals surface area contributed by atoms with Crippen molar-refractivity contribution >= 4 is 12.1 Å². The van der Waals surface area contributed by atoms with Gasteiger partial charge in [-0.25, -0.2) is 14.4 Å². The summed E-state index contributed by atoms with van der Waals surface area (Å²) in [5.41, 5.74) is -0.460. The van der Waals surface area contributed by atoms with Crippen LogP contribution in [0.3, 0.4) is 0 Å². The van der Waals surface area contributed by atoms with Crippen LogP contribution in [0.1, 0.15) is 25.6 Å². The lowest BCUT2D eigenvalue weighted by Gasteiger charge is -2.32. The van der Waals surface area contributed by atoms with Crippen molar-refractivity contribution in [3.05, 3.63) is 75.6 Å². The van der Waals surface area contributed by atoms with Gasteiger partial charge in [-0.2, -0.15) is 0 Å². The number of methoxy groups -OCH3 is 3. The van der Waals surface area contributed by atoms with E-state index in [0.717, 1.165) is 11.7 Å². The van der Waals surface area contributed by atoms with E-state index in [1.807, 2.05) is 0 Å². The molecule has 42 heavy (non-hydrogen) atoms. The number of nitrogens with one attached hydrogen (secondary N) is 1. The van der Waals surface area contributed by atoms with E-state index < -0.39 is 65.8 Å². The lowest BCUT2D eigenvalue weighted by atomic mass is 9.99. The third-order valence-corrected chi connectivity index (χ3v) is 6.92. The maximum atomic E-state index is 13.7. The van der Waals surface area contributed by atoms with E-state index in [1.54, 1.807) is 45.2 Å². The number of amides is 1. The standard InChI is InChI=1S/C28H35N3O11/c1-7-14-39-26(34)29-19(25(33)38-6)20(37-5)21-22-23(42-28(2,3)41-22)24(40-21)30-13-12-18(32)31(27(30)35)15-16-8-10-17(36-4)11-9-16/h7-13,19-24H,1,14-15H2,2-6H3,(H,29,34)/t19-,20-,21-,22-,23?,24+/m0/s1. The first kappa shape index (κ1) is 31.0. The van der Waals surface area contributed by atoms with Crippen molar-refractivity contribution in [1.29, 1.82) is 0 Å². The van der Waals surface area contributed by atoms with Crippen LogP contribution in [0.2, 0.25) is 0 Å². The molecule has 4 rings (SSSR count). The van der Waals surface area contributed by atoms with Crippen molar-refractivity contribution < 1.29 is 42.7 Å². The van der Waals surface area contributed by atoms with Crippen LogP contribution in [-0.4, -0.2) is 85.4 Å². The highest BCUT2D eigenvalue weighted by molar-refractivity contribution is 5.82. The zero-order valence-corrected chi connectivity index (χ0v) is 24.0. The van der Waals surface area contributed by atoms with E-state index in [1.165, 1.54) is 30.0 Å². The van der Waals surface area contributed by atoms with Crippen LogP contribution in [-0.2, 0) is 39.8 Å². The Bertz CT molecular complexity index is 1400. The van der Waals surface area contributed by atoms with Crippen LogP contribution in [0.15, 0.2) is 58.8 Å². The van der Waals surface area contributed by atoms with Crippen molar-refractivity contribution in [3.63, 3.8) is 0 Å². The predicted octanol–water partition coefficient (Wildman–Crippen LogP) is 0.953. The quantitative estimate of drug-likeness (QED) is 0.294. The smallest absolute Gasteiger partial charge is 0.408 e. The van der Waals surface area contributed by atoms with Crippen LogP contribution in [0.4, 0.5) is 4.79 Å². The topological polar surface area (TPSA) is 155 Å². The maximum Gasteiger partial charge on any atom is 0.408 e. The first-order valence-electron chi connectivity index (χ1n) is 13.1. The minimum absolute atomic E-state index is 0.00253. The second-order valence-electron chi connectivity index (χ2n) is 10.1. The van der Waals surface area contributed by atoms with Gasteiger partial charge in [-0.05, 0) is 31.5 Å². The third kappa shape index (κ3) is 6.41. The molecule has 1 aromatic heterocycles. The van der Waals surface area contributed by atoms with E-state index in [0.29, 0.717) is 11.3 Å². The number of nitrogens with zero attached hydrogens (tertiary/aromatic N) is 2. The van der Waals surface area contributed by atoms with Gasteiger partial charge in [0.15, 0.2) is 18.1 Å². The van der Waals surface area contributed by atoms with Gasteiger partial charge in [-0.1, -0.05) is 24.8 Å². The number of carbonyl (C=O) groups is 2. The predicted molar refractivity (Wildman–Crippen MR) is 146 cm³/mol. The van der Waals surface area contributed by atoms with Crippen LogP contribution >= 0.6 is 0 Å². The van der Waals surface area contributed by atoms with Crippen molar-refractivity contribution in [2.45, 2.75) is 62.9 Å². The zero-order chi connectivity index (χ0) is 30.6. The van der Waals surface area contributed by atoms with Gasteiger partial charge in [-0.15, -0.1) is 0 Å². The van der Waals surface area contributed by atoms with Crippen LogP contribution in [0.5, 0.6) is 5.75 Å². The highest BCUT2D eigenvalue weighted by Crippen LogP contribution is 2.44. The fourth-order valence-corrected chi connectivity index (χ4v) is 5.05. The van der Waals surface area contributed by atoms with Crippen molar-refractivity contribution in [2.24, 2.45) is 0 Å². The van der Waals surface area contributed by atoms with Crippen molar-refractivity contribution in [2.75, 3.05) is 27.9 Å². The van der Waals surface area contributed by atoms with Gasteiger partial charge in [0.2, 0.25) is 0 Å². The van der Waals surface area contributed by atoms with Gasteiger partial charge in [0.25, 0.3) is 5.56 Å². The molecule has 1 N–H and O–H groups in total. The Morgan fingerprint density at radius 1 is 1.10 bits per heavy atom. The Balaban J connectivity index is 1.69. The number of rotatable bonds is 11. The molecule has 1 aromatic carbocycles. The summed E-state index contributed by atoms with van der Waals surface area (Å²) in [7, 11) is 4.02. The minimum Gasteiger partial charge on any atom is -0.497 e. The van der Waals surface area contributed by atoms with E-state index >= 15 is 0 Å². The minimum atomic E-state index is -1.38. The largest absolute Gasteiger partial charge is 0.497 e. The van der Waals surface area contributed by atoms with E-state index in [2.05, 4.69) is 11.9 Å². The summed E-state index contributed by atoms with van der Waals surface area (Å²) in [6, 6.07) is 6.83. The SMILES string of the molecule is C=CCOC(=O)N[C@H](C(=O)OC)[C@H](OC)[C@@H]1O[C@@H](n2ccc(=O)n(Cc3ccc(OC)cc3)c2=O)C2OC(C)(C)O[C@H]21. The highest BCUT2D eigenvalue weighted by atomic mass is 16.8. The molecule has 14 nitrogen and oxygen atoms in total. The molecular weight excluding hydrogens is 554 g/mol. The average Bonchev–Trinajstić information content (AvgIpc) is 3.47. The second kappa shape index (κ2) is 12.9. The van der Waals surface area contributed by atoms with Gasteiger partial charge in [0.1, 0.15) is 36.8 Å². The van der Waals surface area contributed by atoms with Gasteiger partial charge in [0.05, 0.1) is 20.8 Å². The van der Waals surface area contributed by atoms with Gasteiger partial charge >= 0.3 is 17.8 Å². The number of esters is 1. The molecule has 0 spiro atoms. The second-order valence-corrected chi connectivity index (χ2v) is 10.1. The highest BCUT2D eigenvalue weighted by Gasteiger charge is 2.60. The Morgan fingerprint density at radius 2 is 1.79 bits per heavy atom. The maximum absolute atomic E-state index is 13.7. The Morgan fingerprint density at radius 3 is 2.40 bits per heavy atom. The lowest BCUT2D eigenvalue weighted by molar-refractivity contribution is -0.212. The number of fused-ring (bicyclic) bond motifs is 1. The zero-order valence-electron chi connectivity index (χ0n) is 24.0. The molecule has 1 amide bonds. The molecule has 2 aliphatic heterocycles. The molecule has 2 saturated heterocycles. The summed E-state index contributed by atoms with van der Waals surface area (Å²) < 4.78 is 41.6. The van der Waals surface area contributed by atoms with Crippen LogP contribution < -0.4 is 21.3 Å². The molecule has 2 fully saturated rings. The molecule has 3 heterocycles. The molecule has 6 atom stereocenters. The Labute approximate surface area is 241 Å². The van der Waals surface area contributed by atoms with E-state index in [4.69, 9.17) is 33.2 Å². The van der Waals surface area contributed by atoms with Crippen molar-refractivity contribution in [3.8, 4) is 5.75 Å². The Hall–Kier alpha value is -3.98. The molecule has 0 saturated carbocycles. The number of benzene rings is 1. The molecule has 228 valence electrons. The average molecular weight is 590 g/mol.